The van der Waals surface area contributed by atoms with E-state index in [1.807, 2.05) is 77.5 Å². The summed E-state index contributed by atoms with van der Waals surface area (Å²) < 4.78 is 7.44. The number of piperidine rings is 1. The van der Waals surface area contributed by atoms with Crippen LogP contribution >= 0.6 is 0 Å². The molecule has 0 saturated carbocycles. The summed E-state index contributed by atoms with van der Waals surface area (Å²) in [7, 11) is 1.57. The fourth-order valence-electron chi connectivity index (χ4n) is 9.84. The molecule has 4 aliphatic heterocycles. The molecule has 14 nitrogen and oxygen atoms in total. The number of piperazine rings is 1. The van der Waals surface area contributed by atoms with Crippen LogP contribution in [0.3, 0.4) is 0 Å². The number of carbonyl (C=O) groups excluding carboxylic acids is 4. The molecular formula is C51H53N9O5. The molecule has 4 aliphatic rings. The summed E-state index contributed by atoms with van der Waals surface area (Å²) in [5, 5.41) is 15.8. The number of amides is 4. The number of imide groups is 1. The van der Waals surface area contributed by atoms with Gasteiger partial charge in [0.05, 0.1) is 18.2 Å². The minimum Gasteiger partial charge on any atom is -0.496 e. The number of aromatic nitrogens is 2. The molecule has 1 aromatic heterocycles. The first kappa shape index (κ1) is 41.8. The highest BCUT2D eigenvalue weighted by atomic mass is 16.5. The summed E-state index contributed by atoms with van der Waals surface area (Å²) in [6.07, 6.45) is 4.29. The molecule has 3 N–H and O–H groups in total. The number of benzene rings is 5. The van der Waals surface area contributed by atoms with Crippen LogP contribution in [0.25, 0.3) is 22.0 Å². The van der Waals surface area contributed by atoms with Crippen molar-refractivity contribution in [3.63, 3.8) is 0 Å². The maximum atomic E-state index is 13.4. The van der Waals surface area contributed by atoms with Gasteiger partial charge in [0.1, 0.15) is 17.3 Å². The number of hydrogen-bond acceptors (Lipinski definition) is 10. The Morgan fingerprint density at radius 3 is 2.28 bits per heavy atom. The van der Waals surface area contributed by atoms with E-state index < -0.39 is 0 Å². The molecule has 4 amide bonds. The molecule has 5 heterocycles. The van der Waals surface area contributed by atoms with Crippen molar-refractivity contribution in [3.8, 4) is 17.0 Å². The lowest BCUT2D eigenvalue weighted by Gasteiger charge is -2.40. The zero-order valence-corrected chi connectivity index (χ0v) is 36.6. The quantitative estimate of drug-likeness (QED) is 0.114. The van der Waals surface area contributed by atoms with E-state index in [2.05, 4.69) is 61.0 Å². The lowest BCUT2D eigenvalue weighted by atomic mass is 9.95. The van der Waals surface area contributed by atoms with E-state index in [1.54, 1.807) is 12.0 Å². The maximum absolute atomic E-state index is 13.4. The average molecular weight is 872 g/mol. The third kappa shape index (κ3) is 8.61. The molecule has 0 atom stereocenters. The van der Waals surface area contributed by atoms with Crippen LogP contribution in [0, 0.1) is 5.92 Å². The van der Waals surface area contributed by atoms with Gasteiger partial charge >= 0.3 is 6.03 Å². The van der Waals surface area contributed by atoms with E-state index in [4.69, 9.17) is 9.84 Å². The molecule has 332 valence electrons. The third-order valence-corrected chi connectivity index (χ3v) is 13.5. The normalized spacial score (nSPS) is 16.9. The van der Waals surface area contributed by atoms with Crippen LogP contribution in [-0.2, 0) is 24.3 Å². The van der Waals surface area contributed by atoms with Crippen molar-refractivity contribution >= 4 is 63.5 Å². The zero-order valence-electron chi connectivity index (χ0n) is 36.6. The molecule has 0 unspecified atom stereocenters. The number of fused-ring (bicyclic) bond motifs is 3. The smallest absolute Gasteiger partial charge is 0.328 e. The summed E-state index contributed by atoms with van der Waals surface area (Å²) >= 11 is 0. The zero-order chi connectivity index (χ0) is 44.4. The number of aryl methyl sites for hydroxylation is 2. The number of urea groups is 1. The fourth-order valence-corrected chi connectivity index (χ4v) is 9.84. The van der Waals surface area contributed by atoms with Crippen molar-refractivity contribution in [3.05, 3.63) is 125 Å². The van der Waals surface area contributed by atoms with Gasteiger partial charge in [-0.15, -0.1) is 0 Å². The first-order chi connectivity index (χ1) is 31.8. The van der Waals surface area contributed by atoms with Crippen LogP contribution in [-0.4, -0.2) is 98.3 Å². The van der Waals surface area contributed by atoms with Gasteiger partial charge in [-0.05, 0) is 95.6 Å². The van der Waals surface area contributed by atoms with Crippen molar-refractivity contribution in [1.82, 2.24) is 25.3 Å². The molecule has 65 heavy (non-hydrogen) atoms. The number of carbonyl (C=O) groups is 4. The minimum absolute atomic E-state index is 0.209. The second-order valence-corrected chi connectivity index (χ2v) is 17.4. The molecule has 3 saturated heterocycles. The predicted molar refractivity (Wildman–Crippen MR) is 254 cm³/mol. The summed E-state index contributed by atoms with van der Waals surface area (Å²) in [5.74, 6) is 1.46. The number of ether oxygens (including phenoxy) is 1. The van der Waals surface area contributed by atoms with E-state index in [-0.39, 0.29) is 17.8 Å². The number of aldehydes is 1. The number of anilines is 5. The first-order valence-electron chi connectivity index (χ1n) is 22.6. The predicted octanol–water partition coefficient (Wildman–Crippen LogP) is 7.24. The van der Waals surface area contributed by atoms with E-state index in [0.717, 1.165) is 105 Å². The standard InChI is InChI=1S/C51H53N9O5/c1-65-45-17-10-36-4-2-3-5-42(36)47(45)50(63)52-31-34-6-8-37(9-7-34)48-43(33-61)49-53-44-16-15-41(30-38(44)20-25-60(49)55-48)58-28-26-56(27-29-58)32-35-18-22-57(23-19-35)39-11-13-40(14-12-39)59-24-21-46(62)54-51(59)64/h2-17,30,33,35,53H,18-29,31-32H2,1H3,(H,52,63)(H,54,62,64). The molecule has 0 radical (unpaired) electrons. The van der Waals surface area contributed by atoms with Gasteiger partial charge in [-0.3, -0.25) is 29.5 Å². The third-order valence-electron chi connectivity index (χ3n) is 13.5. The maximum Gasteiger partial charge on any atom is 0.328 e. The van der Waals surface area contributed by atoms with E-state index in [0.29, 0.717) is 60.4 Å². The minimum atomic E-state index is -0.354. The molecule has 5 aromatic carbocycles. The van der Waals surface area contributed by atoms with Crippen LogP contribution in [0.15, 0.2) is 103 Å². The number of rotatable bonds is 11. The number of methoxy groups -OCH3 is 1. The average Bonchev–Trinajstić information content (AvgIpc) is 3.59. The lowest BCUT2D eigenvalue weighted by Crippen LogP contribution is -2.49. The van der Waals surface area contributed by atoms with Crippen LogP contribution in [0.2, 0.25) is 0 Å². The van der Waals surface area contributed by atoms with E-state index >= 15 is 0 Å². The first-order valence-corrected chi connectivity index (χ1v) is 22.6. The molecule has 10 rings (SSSR count). The van der Waals surface area contributed by atoms with Crippen LogP contribution in [0.5, 0.6) is 5.75 Å². The summed E-state index contributed by atoms with van der Waals surface area (Å²) in [6, 6.07) is 33.8. The van der Waals surface area contributed by atoms with Gasteiger partial charge in [-0.2, -0.15) is 5.10 Å². The van der Waals surface area contributed by atoms with Gasteiger partial charge in [-0.1, -0.05) is 54.6 Å². The Labute approximate surface area is 378 Å². The van der Waals surface area contributed by atoms with Crippen molar-refractivity contribution < 1.29 is 23.9 Å². The van der Waals surface area contributed by atoms with Crippen molar-refractivity contribution in [2.45, 2.75) is 38.8 Å². The van der Waals surface area contributed by atoms with E-state index in [9.17, 15) is 19.2 Å². The summed E-state index contributed by atoms with van der Waals surface area (Å²) in [4.78, 5) is 59.0. The lowest BCUT2D eigenvalue weighted by molar-refractivity contribution is -0.120. The highest BCUT2D eigenvalue weighted by Gasteiger charge is 2.28. The van der Waals surface area contributed by atoms with Crippen LogP contribution in [0.4, 0.5) is 33.4 Å². The molecule has 0 bridgehead atoms. The van der Waals surface area contributed by atoms with Gasteiger partial charge in [0, 0.05) is 100 Å². The van der Waals surface area contributed by atoms with E-state index in [1.165, 1.54) is 16.9 Å². The molecular weight excluding hydrogens is 819 g/mol. The van der Waals surface area contributed by atoms with Crippen LogP contribution in [0.1, 0.15) is 51.1 Å². The Morgan fingerprint density at radius 1 is 0.785 bits per heavy atom. The number of hydrogen-bond donors (Lipinski definition) is 3. The molecule has 3 fully saturated rings. The van der Waals surface area contributed by atoms with Crippen LogP contribution < -0.4 is 35.4 Å². The Kier molecular flexibility index (Phi) is 11.7. The highest BCUT2D eigenvalue weighted by Crippen LogP contribution is 2.36. The Bertz CT molecular complexity index is 2750. The van der Waals surface area contributed by atoms with Gasteiger partial charge in [0.25, 0.3) is 5.91 Å². The molecule has 6 aromatic rings. The van der Waals surface area contributed by atoms with Crippen molar-refractivity contribution in [2.24, 2.45) is 5.92 Å². The largest absolute Gasteiger partial charge is 0.496 e. The number of nitrogens with zero attached hydrogens (tertiary/aromatic N) is 6. The molecule has 0 aliphatic carbocycles. The van der Waals surface area contributed by atoms with Gasteiger partial charge < -0.3 is 25.2 Å². The van der Waals surface area contributed by atoms with Gasteiger partial charge in [0.15, 0.2) is 6.29 Å². The van der Waals surface area contributed by atoms with Crippen molar-refractivity contribution in [2.75, 3.05) is 79.5 Å². The Balaban J connectivity index is 0.716. The summed E-state index contributed by atoms with van der Waals surface area (Å²) in [5.41, 5.74) is 8.81. The molecule has 0 spiro atoms. The SMILES string of the molecule is COc1ccc2ccccc2c1C(=O)NCc1ccc(-c2nn3c(c2C=O)Nc2ccc(N4CCN(CC5CCN(c6ccc(N7CCC(=O)NC7=O)cc6)CC5)CC4)cc2CC3)cc1. The highest BCUT2D eigenvalue weighted by molar-refractivity contribution is 6.09. The topological polar surface area (TPSA) is 144 Å². The van der Waals surface area contributed by atoms with Gasteiger partial charge in [-0.25, -0.2) is 9.48 Å². The summed E-state index contributed by atoms with van der Waals surface area (Å²) in [6.45, 7) is 8.54. The fraction of sp³-hybridized carbons (Fsp3) is 0.314. The van der Waals surface area contributed by atoms with Crippen molar-refractivity contribution in [1.29, 1.82) is 0 Å². The second kappa shape index (κ2) is 18.1. The number of nitrogens with one attached hydrogen (secondary N) is 3. The Morgan fingerprint density at radius 2 is 1.52 bits per heavy atom. The monoisotopic (exact) mass is 871 g/mol. The molecule has 14 heteroatoms. The Hall–Kier alpha value is -7.19. The van der Waals surface area contributed by atoms with Gasteiger partial charge in [0.2, 0.25) is 5.91 Å². The second-order valence-electron chi connectivity index (χ2n) is 17.4.